The van der Waals surface area contributed by atoms with Crippen LogP contribution in [-0.2, 0) is 27.2 Å². The van der Waals surface area contributed by atoms with Crippen LogP contribution < -0.4 is 5.73 Å². The van der Waals surface area contributed by atoms with Gasteiger partial charge in [0.2, 0.25) is 0 Å². The number of esters is 1. The number of Topliss-reactive ketones (excluding diaryl/α,β-unsaturated/α-hetero) is 1. The monoisotopic (exact) mass is 673 g/mol. The first-order valence-electron chi connectivity index (χ1n) is 16.6. The van der Waals surface area contributed by atoms with Crippen LogP contribution in [0, 0.1) is 17.8 Å². The van der Waals surface area contributed by atoms with Gasteiger partial charge in [-0.3, -0.25) is 9.59 Å². The van der Waals surface area contributed by atoms with Crippen molar-refractivity contribution in [2.75, 3.05) is 13.2 Å². The van der Waals surface area contributed by atoms with Crippen molar-refractivity contribution in [1.29, 1.82) is 0 Å². The van der Waals surface area contributed by atoms with Crippen LogP contribution in [0.25, 0.3) is 22.3 Å². The van der Waals surface area contributed by atoms with E-state index in [1.54, 1.807) is 6.92 Å². The highest BCUT2D eigenvalue weighted by Crippen LogP contribution is 2.30. The smallest absolute Gasteiger partial charge is 0.308 e. The third-order valence-electron chi connectivity index (χ3n) is 8.22. The van der Waals surface area contributed by atoms with E-state index in [4.69, 9.17) is 15.6 Å². The molecule has 1 saturated carbocycles. The topological polar surface area (TPSA) is 89.6 Å². The highest BCUT2D eigenvalue weighted by atomic mass is 35.5. The molecule has 1 aliphatic rings. The number of benzene rings is 4. The Morgan fingerprint density at radius 2 is 1.25 bits per heavy atom. The molecule has 5 nitrogen and oxygen atoms in total. The van der Waals surface area contributed by atoms with Gasteiger partial charge in [-0.25, -0.2) is 0 Å². The molecule has 0 unspecified atom stereocenters. The number of carbonyl (C=O) groups excluding carboxylic acids is 2. The summed E-state index contributed by atoms with van der Waals surface area (Å²) in [5, 5.41) is 7.57. The zero-order valence-corrected chi connectivity index (χ0v) is 29.1. The average molecular weight is 674 g/mol. The Morgan fingerprint density at radius 3 is 1.67 bits per heavy atom. The van der Waals surface area contributed by atoms with E-state index >= 15 is 0 Å². The number of hydrogen-bond acceptors (Lipinski definition) is 5. The minimum Gasteiger partial charge on any atom is -0.466 e. The molecule has 0 aliphatic heterocycles. The molecule has 6 heteroatoms. The van der Waals surface area contributed by atoms with E-state index in [1.165, 1.54) is 33.4 Å². The molecule has 1 aliphatic carbocycles. The molecular formula is C42H56ClNO4. The molecule has 0 bridgehead atoms. The maximum atomic E-state index is 11.7. The SMILES string of the molecule is C.CCO.CCOC(=O)[C@H](C)C[C@H](N)Cc1ccc(-c2ccccc2)cc1.C[C@@H]1C[C@@H](Cc2ccc(-c3ccccc3)cc2)CC1=O.Cl. The van der Waals surface area contributed by atoms with Crippen molar-refractivity contribution in [3.05, 3.63) is 120 Å². The fourth-order valence-electron chi connectivity index (χ4n) is 5.84. The first-order valence-corrected chi connectivity index (χ1v) is 16.6. The minimum absolute atomic E-state index is 0. The quantitative estimate of drug-likeness (QED) is 0.164. The van der Waals surface area contributed by atoms with Crippen molar-refractivity contribution in [2.24, 2.45) is 23.5 Å². The molecule has 0 aromatic heterocycles. The fourth-order valence-corrected chi connectivity index (χ4v) is 5.84. The number of aliphatic hydroxyl groups is 1. The number of nitrogens with two attached hydrogens (primary N) is 1. The number of halogens is 1. The number of ketones is 1. The van der Waals surface area contributed by atoms with E-state index in [9.17, 15) is 9.59 Å². The van der Waals surface area contributed by atoms with E-state index in [-0.39, 0.29) is 50.3 Å². The number of aliphatic hydroxyl groups excluding tert-OH is 1. The van der Waals surface area contributed by atoms with Gasteiger partial charge in [-0.1, -0.05) is 130 Å². The predicted octanol–water partition coefficient (Wildman–Crippen LogP) is 9.38. The third kappa shape index (κ3) is 14.1. The highest BCUT2D eigenvalue weighted by Gasteiger charge is 2.28. The lowest BCUT2D eigenvalue weighted by atomic mass is 9.95. The second-order valence-electron chi connectivity index (χ2n) is 12.2. The van der Waals surface area contributed by atoms with Gasteiger partial charge in [-0.05, 0) is 78.8 Å². The summed E-state index contributed by atoms with van der Waals surface area (Å²) in [5.41, 5.74) is 13.6. The molecule has 3 N–H and O–H groups in total. The summed E-state index contributed by atoms with van der Waals surface area (Å²) >= 11 is 0. The maximum absolute atomic E-state index is 11.7. The molecule has 4 aromatic rings. The van der Waals surface area contributed by atoms with E-state index in [2.05, 4.69) is 91.9 Å². The average Bonchev–Trinajstić information content (AvgIpc) is 3.39. The van der Waals surface area contributed by atoms with Gasteiger partial charge in [0.25, 0.3) is 0 Å². The highest BCUT2D eigenvalue weighted by molar-refractivity contribution is 5.85. The Bertz CT molecular complexity index is 1440. The molecule has 5 rings (SSSR count). The molecule has 0 saturated heterocycles. The number of hydrogen-bond donors (Lipinski definition) is 2. The lowest BCUT2D eigenvalue weighted by molar-refractivity contribution is -0.147. The molecule has 4 atom stereocenters. The molecule has 4 aromatic carbocycles. The largest absolute Gasteiger partial charge is 0.466 e. The normalized spacial score (nSPS) is 16.0. The van der Waals surface area contributed by atoms with E-state index < -0.39 is 0 Å². The second-order valence-corrected chi connectivity index (χ2v) is 12.2. The first kappa shape index (κ1) is 42.3. The Balaban J connectivity index is 0.000000430. The summed E-state index contributed by atoms with van der Waals surface area (Å²) in [7, 11) is 0. The summed E-state index contributed by atoms with van der Waals surface area (Å²) in [6, 6.07) is 37.9. The first-order chi connectivity index (χ1) is 22.2. The molecule has 0 spiro atoms. The van der Waals surface area contributed by atoms with Crippen LogP contribution in [0.1, 0.15) is 65.5 Å². The van der Waals surface area contributed by atoms with Crippen molar-refractivity contribution >= 4 is 24.2 Å². The lowest BCUT2D eigenvalue weighted by Crippen LogP contribution is -2.29. The van der Waals surface area contributed by atoms with Gasteiger partial charge in [0.05, 0.1) is 12.5 Å². The van der Waals surface area contributed by atoms with Crippen LogP contribution >= 0.6 is 12.4 Å². The van der Waals surface area contributed by atoms with Crippen LogP contribution in [0.3, 0.4) is 0 Å². The maximum Gasteiger partial charge on any atom is 0.308 e. The van der Waals surface area contributed by atoms with Crippen molar-refractivity contribution in [3.63, 3.8) is 0 Å². The Labute approximate surface area is 295 Å². The second kappa shape index (κ2) is 22.7. The van der Waals surface area contributed by atoms with Crippen LogP contribution in [0.4, 0.5) is 0 Å². The number of rotatable bonds is 10. The van der Waals surface area contributed by atoms with Crippen LogP contribution in [0.5, 0.6) is 0 Å². The summed E-state index contributed by atoms with van der Waals surface area (Å²) in [4.78, 5) is 23.3. The van der Waals surface area contributed by atoms with Gasteiger partial charge in [0.15, 0.2) is 0 Å². The minimum atomic E-state index is -0.164. The van der Waals surface area contributed by atoms with E-state index in [0.717, 1.165) is 25.7 Å². The van der Waals surface area contributed by atoms with Crippen molar-refractivity contribution in [3.8, 4) is 22.3 Å². The van der Waals surface area contributed by atoms with Gasteiger partial charge in [0, 0.05) is 25.0 Å². The van der Waals surface area contributed by atoms with Gasteiger partial charge >= 0.3 is 5.97 Å². The van der Waals surface area contributed by atoms with E-state index in [1.807, 2.05) is 38.1 Å². The van der Waals surface area contributed by atoms with Crippen LogP contribution in [0.15, 0.2) is 109 Å². The lowest BCUT2D eigenvalue weighted by Gasteiger charge is -2.16. The predicted molar refractivity (Wildman–Crippen MR) is 203 cm³/mol. The summed E-state index contributed by atoms with van der Waals surface area (Å²) < 4.78 is 5.02. The Kier molecular flexibility index (Phi) is 20.0. The van der Waals surface area contributed by atoms with Crippen molar-refractivity contribution < 1.29 is 19.4 Å². The van der Waals surface area contributed by atoms with Gasteiger partial charge in [-0.2, -0.15) is 0 Å². The van der Waals surface area contributed by atoms with Gasteiger partial charge in [-0.15, -0.1) is 12.4 Å². The molecule has 0 heterocycles. The standard InChI is InChI=1S/C20H25NO2.C19H20O.C2H6O.CH4.ClH/c1-3-23-20(22)15(2)13-19(21)14-16-9-11-18(12-10-16)17-7-5-4-6-8-17;1-14-11-16(13-19(14)20)12-15-7-9-18(10-8-15)17-5-3-2-4-6-17;1-2-3;;/h4-12,15,19H,3,13-14,21H2,1-2H3;2-10,14,16H,11-13H2,1H3;3H,2H2,1H3;1H4;1H/t15-,19+;14-,16+;;;/m11.../s1. The fraction of sp³-hybridized carbons (Fsp3) is 0.381. The van der Waals surface area contributed by atoms with Crippen molar-refractivity contribution in [2.45, 2.75) is 73.3 Å². The van der Waals surface area contributed by atoms with Gasteiger partial charge < -0.3 is 15.6 Å². The van der Waals surface area contributed by atoms with Gasteiger partial charge in [0.1, 0.15) is 5.78 Å². The van der Waals surface area contributed by atoms with Crippen LogP contribution in [-0.4, -0.2) is 36.1 Å². The summed E-state index contributed by atoms with van der Waals surface area (Å²) in [6.07, 6.45) is 4.25. The van der Waals surface area contributed by atoms with Crippen LogP contribution in [0.2, 0.25) is 0 Å². The number of carbonyl (C=O) groups is 2. The molecular weight excluding hydrogens is 618 g/mol. The summed E-state index contributed by atoms with van der Waals surface area (Å²) in [5.74, 6) is 0.926. The zero-order valence-electron chi connectivity index (χ0n) is 28.3. The Morgan fingerprint density at radius 1 is 0.812 bits per heavy atom. The third-order valence-corrected chi connectivity index (χ3v) is 8.22. The van der Waals surface area contributed by atoms with Crippen molar-refractivity contribution in [1.82, 2.24) is 0 Å². The van der Waals surface area contributed by atoms with E-state index in [0.29, 0.717) is 24.7 Å². The number of ether oxygens (including phenoxy) is 1. The molecule has 1 fully saturated rings. The molecule has 260 valence electrons. The molecule has 0 radical (unpaired) electrons. The molecule has 0 amide bonds. The zero-order chi connectivity index (χ0) is 33.3. The Hall–Kier alpha value is -3.77. The summed E-state index contributed by atoms with van der Waals surface area (Å²) in [6.45, 7) is 8.09. The molecule has 48 heavy (non-hydrogen) atoms.